The minimum atomic E-state index is -0.840. The van der Waals surface area contributed by atoms with Gasteiger partial charge in [0.15, 0.2) is 5.78 Å². The van der Waals surface area contributed by atoms with Crippen molar-refractivity contribution in [2.24, 2.45) is 0 Å². The Kier molecular flexibility index (Phi) is 5.68. The molecule has 1 aliphatic heterocycles. The highest BCUT2D eigenvalue weighted by Crippen LogP contribution is 2.39. The van der Waals surface area contributed by atoms with Gasteiger partial charge in [-0.15, -0.1) is 0 Å². The van der Waals surface area contributed by atoms with E-state index in [1.165, 1.54) is 11.8 Å². The van der Waals surface area contributed by atoms with Gasteiger partial charge in [-0.2, -0.15) is 4.68 Å². The van der Waals surface area contributed by atoms with E-state index in [4.69, 9.17) is 21.1 Å². The molecule has 0 aliphatic carbocycles. The molecule has 0 spiro atoms. The van der Waals surface area contributed by atoms with Gasteiger partial charge in [0, 0.05) is 16.1 Å². The molecule has 4 rings (SSSR count). The summed E-state index contributed by atoms with van der Waals surface area (Å²) in [7, 11) is 1.23. The summed E-state index contributed by atoms with van der Waals surface area (Å²) in [5.41, 5.74) is 0.989. The zero-order valence-electron chi connectivity index (χ0n) is 16.7. The summed E-state index contributed by atoms with van der Waals surface area (Å²) in [6.07, 6.45) is 0. The highest BCUT2D eigenvalue weighted by molar-refractivity contribution is 6.31. The molecule has 9 nitrogen and oxygen atoms in total. The summed E-state index contributed by atoms with van der Waals surface area (Å²) in [4.78, 5) is 26.3. The van der Waals surface area contributed by atoms with Gasteiger partial charge in [0.25, 0.3) is 0 Å². The Balaban J connectivity index is 1.90. The highest BCUT2D eigenvalue weighted by atomic mass is 35.5. The van der Waals surface area contributed by atoms with Crippen LogP contribution in [0, 0.1) is 0 Å². The molecule has 0 fully saturated rings. The van der Waals surface area contributed by atoms with Crippen molar-refractivity contribution >= 4 is 29.3 Å². The Morgan fingerprint density at radius 2 is 1.90 bits per heavy atom. The summed E-state index contributed by atoms with van der Waals surface area (Å²) in [6.45, 7) is 2.38. The highest BCUT2D eigenvalue weighted by Gasteiger charge is 2.39. The van der Waals surface area contributed by atoms with E-state index in [2.05, 4.69) is 20.8 Å². The Labute approximate surface area is 182 Å². The first-order valence-electron chi connectivity index (χ1n) is 9.44. The van der Waals surface area contributed by atoms with E-state index in [-0.39, 0.29) is 17.2 Å². The van der Waals surface area contributed by atoms with Gasteiger partial charge in [0.1, 0.15) is 17.5 Å². The second kappa shape index (κ2) is 8.57. The number of ketones is 1. The van der Waals surface area contributed by atoms with Crippen LogP contribution in [0.5, 0.6) is 5.75 Å². The number of carbonyl (C=O) groups excluding carboxylic acids is 2. The van der Waals surface area contributed by atoms with E-state index in [9.17, 15) is 9.59 Å². The molecule has 10 heteroatoms. The van der Waals surface area contributed by atoms with Crippen LogP contribution in [0.2, 0.25) is 5.02 Å². The van der Waals surface area contributed by atoms with Gasteiger partial charge >= 0.3 is 5.97 Å². The lowest BCUT2D eigenvalue weighted by molar-refractivity contribution is -0.136. The summed E-state index contributed by atoms with van der Waals surface area (Å²) < 4.78 is 11.8. The lowest BCUT2D eigenvalue weighted by atomic mass is 9.89. The molecule has 0 saturated carbocycles. The number of allylic oxidation sites excluding steroid dienone is 1. The first kappa shape index (κ1) is 20.5. The number of ether oxygens (including phenoxy) is 2. The minimum absolute atomic E-state index is 0.0476. The molecule has 3 aromatic rings. The number of fused-ring (bicyclic) bond motifs is 1. The Morgan fingerprint density at radius 1 is 1.16 bits per heavy atom. The number of methoxy groups -OCH3 is 1. The van der Waals surface area contributed by atoms with E-state index in [1.807, 2.05) is 6.92 Å². The third-order valence-corrected chi connectivity index (χ3v) is 5.12. The van der Waals surface area contributed by atoms with Crippen molar-refractivity contribution in [2.75, 3.05) is 19.0 Å². The number of nitrogens with zero attached hydrogens (tertiary/aromatic N) is 4. The Hall–Kier alpha value is -3.72. The van der Waals surface area contributed by atoms with Crippen molar-refractivity contribution in [1.82, 2.24) is 20.2 Å². The molecule has 2 aromatic carbocycles. The maximum atomic E-state index is 13.7. The molecule has 0 saturated heterocycles. The molecule has 31 heavy (non-hydrogen) atoms. The van der Waals surface area contributed by atoms with Gasteiger partial charge < -0.3 is 14.8 Å². The molecule has 1 aromatic heterocycles. The van der Waals surface area contributed by atoms with Crippen LogP contribution in [-0.2, 0) is 9.53 Å². The molecular formula is C21H18ClN5O4. The van der Waals surface area contributed by atoms with E-state index >= 15 is 0 Å². The fourth-order valence-electron chi connectivity index (χ4n) is 3.40. The number of halogens is 1. The van der Waals surface area contributed by atoms with Crippen molar-refractivity contribution in [3.05, 3.63) is 76.0 Å². The van der Waals surface area contributed by atoms with E-state index < -0.39 is 17.8 Å². The molecule has 2 heterocycles. The first-order valence-corrected chi connectivity index (χ1v) is 9.82. The number of anilines is 1. The molecule has 1 N–H and O–H groups in total. The number of hydrogen-bond donors (Lipinski definition) is 1. The van der Waals surface area contributed by atoms with Gasteiger partial charge in [0.05, 0.1) is 19.3 Å². The quantitative estimate of drug-likeness (QED) is 0.461. The van der Waals surface area contributed by atoms with Gasteiger partial charge in [-0.25, -0.2) is 4.79 Å². The topological polar surface area (TPSA) is 108 Å². The van der Waals surface area contributed by atoms with Crippen molar-refractivity contribution in [3.63, 3.8) is 0 Å². The minimum Gasteiger partial charge on any atom is -0.494 e. The third kappa shape index (κ3) is 3.75. The van der Waals surface area contributed by atoms with Crippen LogP contribution in [-0.4, -0.2) is 45.7 Å². The maximum absolute atomic E-state index is 13.7. The summed E-state index contributed by atoms with van der Waals surface area (Å²) in [5, 5.41) is 14.8. The van der Waals surface area contributed by atoms with Crippen LogP contribution in [0.15, 0.2) is 59.8 Å². The normalized spacial score (nSPS) is 15.1. The lowest BCUT2D eigenvalue weighted by Crippen LogP contribution is -2.33. The summed E-state index contributed by atoms with van der Waals surface area (Å²) in [5.74, 6) is -0.301. The Bertz CT molecular complexity index is 1170. The molecule has 0 unspecified atom stereocenters. The first-order chi connectivity index (χ1) is 15.0. The van der Waals surface area contributed by atoms with Crippen LogP contribution < -0.4 is 10.1 Å². The average Bonchev–Trinajstić information content (AvgIpc) is 3.26. The van der Waals surface area contributed by atoms with Crippen molar-refractivity contribution in [2.45, 2.75) is 13.0 Å². The maximum Gasteiger partial charge on any atom is 0.355 e. The second-order valence-corrected chi connectivity index (χ2v) is 6.97. The summed E-state index contributed by atoms with van der Waals surface area (Å²) >= 11 is 6.45. The number of aromatic nitrogens is 4. The van der Waals surface area contributed by atoms with Gasteiger partial charge in [-0.05, 0) is 47.7 Å². The van der Waals surface area contributed by atoms with E-state index in [1.54, 1.807) is 48.5 Å². The predicted octanol–water partition coefficient (Wildman–Crippen LogP) is 3.05. The fraction of sp³-hybridized carbons (Fsp3) is 0.190. The van der Waals surface area contributed by atoms with Crippen LogP contribution in [0.3, 0.4) is 0 Å². The number of hydrogen-bond acceptors (Lipinski definition) is 8. The Morgan fingerprint density at radius 3 is 2.58 bits per heavy atom. The molecule has 1 atom stereocenters. The van der Waals surface area contributed by atoms with Crippen LogP contribution in [0.25, 0.3) is 0 Å². The SMILES string of the molecule is CCOc1ccc(C(=O)C2=C(C(=O)OC)Nc3nnnn3[C@@H]2c2ccccc2Cl)cc1. The van der Waals surface area contributed by atoms with Crippen molar-refractivity contribution < 1.29 is 19.1 Å². The number of benzene rings is 2. The van der Waals surface area contributed by atoms with Gasteiger partial charge in [-0.3, -0.25) is 4.79 Å². The second-order valence-electron chi connectivity index (χ2n) is 6.56. The van der Waals surface area contributed by atoms with Crippen LogP contribution in [0.4, 0.5) is 5.95 Å². The third-order valence-electron chi connectivity index (χ3n) is 4.78. The molecule has 0 bridgehead atoms. The molecule has 0 radical (unpaired) electrons. The largest absolute Gasteiger partial charge is 0.494 e. The van der Waals surface area contributed by atoms with Crippen LogP contribution >= 0.6 is 11.6 Å². The van der Waals surface area contributed by atoms with Crippen molar-refractivity contribution in [1.29, 1.82) is 0 Å². The van der Waals surface area contributed by atoms with E-state index in [0.717, 1.165) is 0 Å². The zero-order chi connectivity index (χ0) is 22.0. The van der Waals surface area contributed by atoms with E-state index in [0.29, 0.717) is 28.5 Å². The molecule has 1 aliphatic rings. The van der Waals surface area contributed by atoms with Gasteiger partial charge in [0.2, 0.25) is 5.95 Å². The molecule has 158 valence electrons. The standard InChI is InChI=1S/C21H18ClN5O4/c1-3-31-13-10-8-12(9-11-13)19(28)16-17(20(29)30-2)23-21-24-25-26-27(21)18(16)14-6-4-5-7-15(14)22/h4-11,18H,3H2,1-2H3,(H,23,24,26)/t18-/m1/s1. The fourth-order valence-corrected chi connectivity index (χ4v) is 3.64. The number of tetrazole rings is 1. The number of carbonyl (C=O) groups is 2. The predicted molar refractivity (Wildman–Crippen MR) is 112 cm³/mol. The van der Waals surface area contributed by atoms with Gasteiger partial charge in [-0.1, -0.05) is 34.9 Å². The smallest absolute Gasteiger partial charge is 0.355 e. The number of esters is 1. The number of nitrogens with one attached hydrogen (secondary N) is 1. The monoisotopic (exact) mass is 439 g/mol. The van der Waals surface area contributed by atoms with Crippen LogP contribution in [0.1, 0.15) is 28.9 Å². The number of rotatable bonds is 6. The van der Waals surface area contributed by atoms with Crippen molar-refractivity contribution in [3.8, 4) is 5.75 Å². The molecular weight excluding hydrogens is 422 g/mol. The zero-order valence-corrected chi connectivity index (χ0v) is 17.5. The summed E-state index contributed by atoms with van der Waals surface area (Å²) in [6, 6.07) is 12.8. The average molecular weight is 440 g/mol. The number of Topliss-reactive ketones (excluding diaryl/α,β-unsaturated/α-hetero) is 1. The molecule has 0 amide bonds. The lowest BCUT2D eigenvalue weighted by Gasteiger charge is -2.28.